The first-order valence-electron chi connectivity index (χ1n) is 7.03. The van der Waals surface area contributed by atoms with Crippen molar-refractivity contribution in [1.82, 2.24) is 9.88 Å². The summed E-state index contributed by atoms with van der Waals surface area (Å²) in [4.78, 5) is 0.419. The lowest BCUT2D eigenvalue weighted by Gasteiger charge is -2.38. The van der Waals surface area contributed by atoms with Crippen molar-refractivity contribution < 1.29 is 8.78 Å². The Bertz CT molecular complexity index is 714. The summed E-state index contributed by atoms with van der Waals surface area (Å²) in [5.74, 6) is -0.662. The van der Waals surface area contributed by atoms with Crippen molar-refractivity contribution in [3.05, 3.63) is 57.8 Å². The molecule has 118 valence electrons. The molecule has 2 nitrogen and oxygen atoms in total. The molecule has 1 unspecified atom stereocenters. The predicted molar refractivity (Wildman–Crippen MR) is 92.0 cm³/mol. The fourth-order valence-corrected chi connectivity index (χ4v) is 3.33. The summed E-state index contributed by atoms with van der Waals surface area (Å²) in [6, 6.07) is 6.15. The monoisotopic (exact) mass is 386 g/mol. The first-order chi connectivity index (χ1) is 10.4. The largest absolute Gasteiger partial charge is 0.363 e. The van der Waals surface area contributed by atoms with E-state index in [0.29, 0.717) is 22.8 Å². The lowest BCUT2D eigenvalue weighted by Crippen LogP contribution is -2.51. The lowest BCUT2D eigenvalue weighted by atomic mass is 9.89. The van der Waals surface area contributed by atoms with Gasteiger partial charge in [0.05, 0.1) is 11.2 Å². The average Bonchev–Trinajstić information content (AvgIpc) is 2.84. The molecule has 0 saturated heterocycles. The Morgan fingerprint density at radius 1 is 1.27 bits per heavy atom. The van der Waals surface area contributed by atoms with E-state index in [4.69, 9.17) is 12.2 Å². The Balaban J connectivity index is 0.000000847. The molecule has 22 heavy (non-hydrogen) atoms. The molecular formula is C16H17BrF2N2S. The van der Waals surface area contributed by atoms with Crippen LogP contribution in [-0.2, 0) is 12.1 Å². The van der Waals surface area contributed by atoms with Gasteiger partial charge in [-0.2, -0.15) is 0 Å². The maximum Gasteiger partial charge on any atom is 0.141 e. The number of rotatable bonds is 1. The fraction of sp³-hybridized carbons (Fsp3) is 0.312. The van der Waals surface area contributed by atoms with E-state index in [1.165, 1.54) is 18.3 Å². The second-order valence-corrected chi connectivity index (χ2v) is 6.41. The van der Waals surface area contributed by atoms with Gasteiger partial charge in [0.15, 0.2) is 0 Å². The Kier molecular flexibility index (Phi) is 5.02. The zero-order valence-electron chi connectivity index (χ0n) is 12.6. The Morgan fingerprint density at radius 2 is 1.95 bits per heavy atom. The molecule has 1 atom stereocenters. The van der Waals surface area contributed by atoms with Crippen molar-refractivity contribution in [3.63, 3.8) is 0 Å². The smallest absolute Gasteiger partial charge is 0.141 e. The molecule has 2 aromatic rings. The molecular weight excluding hydrogens is 370 g/mol. The highest BCUT2D eigenvalue weighted by molar-refractivity contribution is 9.10. The number of hydrogen-bond donors (Lipinski definition) is 1. The molecule has 2 heterocycles. The minimum Gasteiger partial charge on any atom is -0.363 e. The van der Waals surface area contributed by atoms with E-state index in [-0.39, 0.29) is 11.6 Å². The molecule has 3 rings (SSSR count). The standard InChI is InChI=1S/C14H11BrF2N2S.C2H6/c1-14(10-4-8(15)2-3-11(10)17)7-19-6-9(16)5-12(19)13(20)18-14;1-2/h2-6H,7H2,1H3,(H,18,20);1-2H3. The molecule has 0 fully saturated rings. The van der Waals surface area contributed by atoms with E-state index in [0.717, 1.165) is 4.47 Å². The van der Waals surface area contributed by atoms with Gasteiger partial charge in [-0.1, -0.05) is 42.0 Å². The highest BCUT2D eigenvalue weighted by Gasteiger charge is 2.36. The third-order valence-corrected chi connectivity index (χ3v) is 4.30. The topological polar surface area (TPSA) is 17.0 Å². The highest BCUT2D eigenvalue weighted by Crippen LogP contribution is 2.32. The first kappa shape index (κ1) is 17.1. The van der Waals surface area contributed by atoms with Crippen LogP contribution in [0.2, 0.25) is 0 Å². The number of thiocarbonyl (C=S) groups is 1. The van der Waals surface area contributed by atoms with Gasteiger partial charge in [0.2, 0.25) is 0 Å². The summed E-state index contributed by atoms with van der Waals surface area (Å²) >= 11 is 8.61. The van der Waals surface area contributed by atoms with Crippen molar-refractivity contribution in [3.8, 4) is 0 Å². The van der Waals surface area contributed by atoms with E-state index in [1.54, 1.807) is 16.7 Å². The molecule has 1 aromatic carbocycles. The van der Waals surface area contributed by atoms with Crippen LogP contribution in [0.1, 0.15) is 32.0 Å². The molecule has 0 amide bonds. The number of halogens is 3. The Hall–Kier alpha value is -1.27. The van der Waals surface area contributed by atoms with Gasteiger partial charge in [0.25, 0.3) is 0 Å². The van der Waals surface area contributed by atoms with Crippen molar-refractivity contribution in [2.24, 2.45) is 0 Å². The van der Waals surface area contributed by atoms with Gasteiger partial charge < -0.3 is 9.88 Å². The van der Waals surface area contributed by atoms with Gasteiger partial charge >= 0.3 is 0 Å². The lowest BCUT2D eigenvalue weighted by molar-refractivity contribution is 0.338. The summed E-state index contributed by atoms with van der Waals surface area (Å²) in [6.45, 7) is 6.25. The van der Waals surface area contributed by atoms with Crippen molar-refractivity contribution in [2.45, 2.75) is 32.9 Å². The first-order valence-corrected chi connectivity index (χ1v) is 8.23. The van der Waals surface area contributed by atoms with E-state index >= 15 is 0 Å². The van der Waals surface area contributed by atoms with Gasteiger partial charge in [-0.15, -0.1) is 0 Å². The van der Waals surface area contributed by atoms with Gasteiger partial charge in [-0.25, -0.2) is 8.78 Å². The third-order valence-electron chi connectivity index (χ3n) is 3.49. The van der Waals surface area contributed by atoms with Crippen LogP contribution in [-0.4, -0.2) is 9.56 Å². The predicted octanol–water partition coefficient (Wildman–Crippen LogP) is 4.75. The summed E-state index contributed by atoms with van der Waals surface area (Å²) in [5.41, 5.74) is 0.392. The van der Waals surface area contributed by atoms with Crippen LogP contribution in [0.5, 0.6) is 0 Å². The summed E-state index contributed by atoms with van der Waals surface area (Å²) in [7, 11) is 0. The van der Waals surface area contributed by atoms with Crippen LogP contribution in [0.4, 0.5) is 8.78 Å². The van der Waals surface area contributed by atoms with E-state index in [2.05, 4.69) is 21.2 Å². The van der Waals surface area contributed by atoms with Crippen LogP contribution < -0.4 is 5.32 Å². The minimum absolute atomic E-state index is 0.318. The SMILES string of the molecule is CC.CC1(c2cc(Br)ccc2F)Cn2cc(F)cc2C(=S)N1. The molecule has 0 radical (unpaired) electrons. The van der Waals surface area contributed by atoms with Gasteiger partial charge in [0.1, 0.15) is 16.6 Å². The zero-order chi connectivity index (χ0) is 16.5. The maximum absolute atomic E-state index is 14.1. The Labute approximate surface area is 142 Å². The maximum atomic E-state index is 14.1. The molecule has 1 aliphatic rings. The number of fused-ring (bicyclic) bond motifs is 1. The number of nitrogens with one attached hydrogen (secondary N) is 1. The number of nitrogens with zero attached hydrogens (tertiary/aromatic N) is 1. The molecule has 1 N–H and O–H groups in total. The van der Waals surface area contributed by atoms with Crippen molar-refractivity contribution in [2.75, 3.05) is 0 Å². The van der Waals surface area contributed by atoms with Crippen LogP contribution in [0.15, 0.2) is 34.9 Å². The molecule has 0 bridgehead atoms. The van der Waals surface area contributed by atoms with Crippen LogP contribution in [0.25, 0.3) is 0 Å². The van der Waals surface area contributed by atoms with Crippen molar-refractivity contribution in [1.29, 1.82) is 0 Å². The quantitative estimate of drug-likeness (QED) is 0.712. The van der Waals surface area contributed by atoms with Crippen LogP contribution in [0.3, 0.4) is 0 Å². The zero-order valence-corrected chi connectivity index (χ0v) is 15.0. The van der Waals surface area contributed by atoms with Crippen molar-refractivity contribution >= 4 is 33.1 Å². The molecule has 0 saturated carbocycles. The number of aromatic nitrogens is 1. The third kappa shape index (κ3) is 3.08. The van der Waals surface area contributed by atoms with Crippen LogP contribution in [0, 0.1) is 11.6 Å². The summed E-state index contributed by atoms with van der Waals surface area (Å²) < 4.78 is 30.0. The minimum atomic E-state index is -0.719. The molecule has 1 aliphatic heterocycles. The van der Waals surface area contributed by atoms with E-state index in [9.17, 15) is 8.78 Å². The fourth-order valence-electron chi connectivity index (χ4n) is 2.56. The van der Waals surface area contributed by atoms with E-state index < -0.39 is 5.54 Å². The molecule has 6 heteroatoms. The summed E-state index contributed by atoms with van der Waals surface area (Å²) in [5, 5.41) is 3.13. The number of hydrogen-bond acceptors (Lipinski definition) is 1. The molecule has 1 aromatic heterocycles. The second-order valence-electron chi connectivity index (χ2n) is 5.08. The van der Waals surface area contributed by atoms with Gasteiger partial charge in [-0.3, -0.25) is 0 Å². The summed E-state index contributed by atoms with van der Waals surface area (Å²) in [6.07, 6.45) is 1.39. The Morgan fingerprint density at radius 3 is 2.64 bits per heavy atom. The number of benzene rings is 1. The average molecular weight is 387 g/mol. The van der Waals surface area contributed by atoms with Crippen LogP contribution >= 0.6 is 28.1 Å². The molecule has 0 aliphatic carbocycles. The highest BCUT2D eigenvalue weighted by atomic mass is 79.9. The van der Waals surface area contributed by atoms with Gasteiger partial charge in [-0.05, 0) is 25.1 Å². The van der Waals surface area contributed by atoms with E-state index in [1.807, 2.05) is 20.8 Å². The normalized spacial score (nSPS) is 19.8. The molecule has 0 spiro atoms. The van der Waals surface area contributed by atoms with Gasteiger partial charge in [0, 0.05) is 28.8 Å². The second kappa shape index (κ2) is 6.46.